The normalized spacial score (nSPS) is 25.3. The average Bonchev–Trinajstić information content (AvgIpc) is 3.45. The fraction of sp³-hybridized carbons (Fsp3) is 0.667. The Balaban J connectivity index is 1.40. The van der Waals surface area contributed by atoms with Crippen LogP contribution < -0.4 is 5.32 Å². The number of piperidine rings is 1. The lowest BCUT2D eigenvalue weighted by Crippen LogP contribution is -2.54. The van der Waals surface area contributed by atoms with E-state index >= 15 is 0 Å². The summed E-state index contributed by atoms with van der Waals surface area (Å²) >= 11 is 0. The van der Waals surface area contributed by atoms with E-state index in [4.69, 9.17) is 4.74 Å². The minimum Gasteiger partial charge on any atom is -0.368 e. The molecule has 1 aromatic carbocycles. The molecule has 1 aromatic rings. The number of ether oxygens (including phenoxy) is 1. The first kappa shape index (κ1) is 24.9. The summed E-state index contributed by atoms with van der Waals surface area (Å²) in [6.07, 6.45) is 4.71. The molecule has 0 saturated carbocycles. The molecule has 0 bridgehead atoms. The molecule has 0 aromatic heterocycles. The summed E-state index contributed by atoms with van der Waals surface area (Å²) in [7, 11) is 0. The smallest absolute Gasteiger partial charge is 0.251 e. The zero-order valence-electron chi connectivity index (χ0n) is 20.8. The number of ketones is 1. The third-order valence-corrected chi connectivity index (χ3v) is 7.93. The molecule has 3 fully saturated rings. The van der Waals surface area contributed by atoms with Crippen LogP contribution in [0.4, 0.5) is 0 Å². The minimum absolute atomic E-state index is 0.0406. The van der Waals surface area contributed by atoms with Crippen molar-refractivity contribution in [2.24, 2.45) is 5.92 Å². The zero-order valence-corrected chi connectivity index (χ0v) is 20.8. The number of benzene rings is 1. The van der Waals surface area contributed by atoms with E-state index in [9.17, 15) is 14.4 Å². The number of likely N-dealkylation sites (tertiary alicyclic amines) is 2. The topological polar surface area (TPSA) is 79.0 Å². The largest absolute Gasteiger partial charge is 0.368 e. The molecule has 1 unspecified atom stereocenters. The van der Waals surface area contributed by atoms with E-state index in [0.29, 0.717) is 24.4 Å². The Bertz CT molecular complexity index is 878. The number of nitrogens with zero attached hydrogens (tertiary/aromatic N) is 2. The molecule has 3 heterocycles. The predicted octanol–water partition coefficient (Wildman–Crippen LogP) is 2.99. The van der Waals surface area contributed by atoms with E-state index < -0.39 is 12.1 Å². The number of fused-ring (bicyclic) bond motifs is 1. The van der Waals surface area contributed by atoms with Crippen molar-refractivity contribution in [2.75, 3.05) is 32.8 Å². The monoisotopic (exact) mass is 469 g/mol. The van der Waals surface area contributed by atoms with Crippen LogP contribution >= 0.6 is 0 Å². The number of nitrogens with one attached hydrogen (secondary N) is 1. The van der Waals surface area contributed by atoms with Crippen LogP contribution in [0.25, 0.3) is 0 Å². The lowest BCUT2D eigenvalue weighted by Gasteiger charge is -2.32. The van der Waals surface area contributed by atoms with Gasteiger partial charge in [-0.05, 0) is 74.8 Å². The molecule has 4 atom stereocenters. The molecular weight excluding hydrogens is 430 g/mol. The lowest BCUT2D eigenvalue weighted by molar-refractivity contribution is -0.139. The maximum absolute atomic E-state index is 13.4. The summed E-state index contributed by atoms with van der Waals surface area (Å²) in [6, 6.07) is 6.72. The first-order chi connectivity index (χ1) is 16.4. The van der Waals surface area contributed by atoms with Crippen molar-refractivity contribution in [2.45, 2.75) is 77.0 Å². The van der Waals surface area contributed by atoms with Gasteiger partial charge in [-0.2, -0.15) is 0 Å². The minimum atomic E-state index is -0.660. The lowest BCUT2D eigenvalue weighted by atomic mass is 9.89. The summed E-state index contributed by atoms with van der Waals surface area (Å²) in [4.78, 5) is 43.0. The molecule has 0 aliphatic carbocycles. The van der Waals surface area contributed by atoms with E-state index in [-0.39, 0.29) is 36.2 Å². The van der Waals surface area contributed by atoms with Gasteiger partial charge in [-0.25, -0.2) is 0 Å². The van der Waals surface area contributed by atoms with Crippen LogP contribution in [0.3, 0.4) is 0 Å². The maximum Gasteiger partial charge on any atom is 0.251 e. The summed E-state index contributed by atoms with van der Waals surface area (Å²) in [5.74, 6) is 0.0350. The third kappa shape index (κ3) is 5.20. The number of rotatable bonds is 8. The van der Waals surface area contributed by atoms with Gasteiger partial charge in [-0.15, -0.1) is 0 Å². The molecule has 3 saturated heterocycles. The van der Waals surface area contributed by atoms with Gasteiger partial charge >= 0.3 is 0 Å². The van der Waals surface area contributed by atoms with E-state index in [2.05, 4.69) is 29.3 Å². The highest BCUT2D eigenvalue weighted by Gasteiger charge is 2.48. The van der Waals surface area contributed by atoms with Gasteiger partial charge < -0.3 is 19.9 Å². The second-order valence-electron chi connectivity index (χ2n) is 10.2. The Labute approximate surface area is 203 Å². The maximum atomic E-state index is 13.4. The Morgan fingerprint density at radius 2 is 1.79 bits per heavy atom. The molecule has 4 rings (SSSR count). The number of hydrogen-bond acceptors (Lipinski definition) is 5. The highest BCUT2D eigenvalue weighted by Crippen LogP contribution is 2.30. The van der Waals surface area contributed by atoms with Gasteiger partial charge in [0.15, 0.2) is 5.78 Å². The molecule has 186 valence electrons. The molecule has 0 spiro atoms. The highest BCUT2D eigenvalue weighted by atomic mass is 16.5. The molecule has 7 nitrogen and oxygen atoms in total. The van der Waals surface area contributed by atoms with Crippen LogP contribution in [0.1, 0.15) is 74.7 Å². The standard InChI is InChI=1S/C27H39N3O4/c1-4-13-29-14-10-20(11-15-29)19-6-8-21(9-7-19)26(32)28-24(18(3)5-2)27(33)30-16-12-23-25(30)22(31)17-34-23/h6-9,18,20,23-25H,4-5,10-17H2,1-3H3,(H,28,32)/t18-,23+,24?,25+/m0/s1. The molecular formula is C27H39N3O4. The van der Waals surface area contributed by atoms with Crippen molar-refractivity contribution >= 4 is 17.6 Å². The van der Waals surface area contributed by atoms with E-state index in [0.717, 1.165) is 32.4 Å². The molecule has 34 heavy (non-hydrogen) atoms. The van der Waals surface area contributed by atoms with Crippen molar-refractivity contribution in [3.63, 3.8) is 0 Å². The van der Waals surface area contributed by atoms with Gasteiger partial charge in [0.05, 0.1) is 6.10 Å². The SMILES string of the molecule is CCCN1CCC(c2ccc(C(=O)NC(C(=O)N3CC[C@H]4OCC(=O)[C@H]43)[C@@H](C)CC)cc2)CC1. The molecule has 3 aliphatic heterocycles. The molecule has 3 aliphatic rings. The Hall–Kier alpha value is -2.25. The quantitative estimate of drug-likeness (QED) is 0.633. The summed E-state index contributed by atoms with van der Waals surface area (Å²) < 4.78 is 5.53. The van der Waals surface area contributed by atoms with Gasteiger partial charge in [0.25, 0.3) is 5.91 Å². The average molecular weight is 470 g/mol. The first-order valence-corrected chi connectivity index (χ1v) is 13.0. The number of carbonyl (C=O) groups excluding carboxylic acids is 3. The third-order valence-electron chi connectivity index (χ3n) is 7.93. The van der Waals surface area contributed by atoms with Crippen LogP contribution in [0.5, 0.6) is 0 Å². The van der Waals surface area contributed by atoms with Gasteiger partial charge in [0, 0.05) is 12.1 Å². The number of hydrogen-bond donors (Lipinski definition) is 1. The molecule has 0 radical (unpaired) electrons. The zero-order chi connectivity index (χ0) is 24.2. The van der Waals surface area contributed by atoms with Crippen molar-refractivity contribution in [3.05, 3.63) is 35.4 Å². The summed E-state index contributed by atoms with van der Waals surface area (Å²) in [5.41, 5.74) is 1.85. The molecule has 7 heteroatoms. The first-order valence-electron chi connectivity index (χ1n) is 13.0. The van der Waals surface area contributed by atoms with Crippen LogP contribution in [0.2, 0.25) is 0 Å². The van der Waals surface area contributed by atoms with E-state index in [1.807, 2.05) is 26.0 Å². The van der Waals surface area contributed by atoms with Crippen molar-refractivity contribution < 1.29 is 19.1 Å². The second-order valence-corrected chi connectivity index (χ2v) is 10.2. The molecule has 1 N–H and O–H groups in total. The Morgan fingerprint density at radius 3 is 2.44 bits per heavy atom. The van der Waals surface area contributed by atoms with Gasteiger partial charge in [-0.3, -0.25) is 14.4 Å². The second kappa shape index (κ2) is 11.0. The van der Waals surface area contributed by atoms with Crippen molar-refractivity contribution in [1.82, 2.24) is 15.1 Å². The van der Waals surface area contributed by atoms with Gasteiger partial charge in [-0.1, -0.05) is 39.3 Å². The van der Waals surface area contributed by atoms with Gasteiger partial charge in [0.2, 0.25) is 5.91 Å². The molecule has 2 amide bonds. The van der Waals surface area contributed by atoms with Crippen molar-refractivity contribution in [3.8, 4) is 0 Å². The summed E-state index contributed by atoms with van der Waals surface area (Å²) in [5, 5.41) is 2.99. The van der Waals surface area contributed by atoms with Crippen LogP contribution in [0, 0.1) is 5.92 Å². The predicted molar refractivity (Wildman–Crippen MR) is 131 cm³/mol. The number of Topliss-reactive ketones (excluding diaryl/α,β-unsaturated/α-hetero) is 1. The van der Waals surface area contributed by atoms with E-state index in [1.165, 1.54) is 18.5 Å². The van der Waals surface area contributed by atoms with Crippen molar-refractivity contribution in [1.29, 1.82) is 0 Å². The highest BCUT2D eigenvalue weighted by molar-refractivity contribution is 5.99. The Morgan fingerprint density at radius 1 is 1.09 bits per heavy atom. The Kier molecular flexibility index (Phi) is 8.04. The number of carbonyl (C=O) groups is 3. The fourth-order valence-corrected chi connectivity index (χ4v) is 5.64. The van der Waals surface area contributed by atoms with E-state index in [1.54, 1.807) is 4.90 Å². The summed E-state index contributed by atoms with van der Waals surface area (Å²) in [6.45, 7) is 10.2. The number of amides is 2. The van der Waals surface area contributed by atoms with Crippen LogP contribution in [0.15, 0.2) is 24.3 Å². The van der Waals surface area contributed by atoms with Gasteiger partial charge in [0.1, 0.15) is 18.7 Å². The van der Waals surface area contributed by atoms with Crippen LogP contribution in [-0.4, -0.2) is 78.4 Å². The van der Waals surface area contributed by atoms with Crippen LogP contribution in [-0.2, 0) is 14.3 Å². The fourth-order valence-electron chi connectivity index (χ4n) is 5.64.